The van der Waals surface area contributed by atoms with Crippen molar-refractivity contribution in [3.8, 4) is 0 Å². The third-order valence-electron chi connectivity index (χ3n) is 3.80. The third-order valence-corrected chi connectivity index (χ3v) is 5.82. The van der Waals surface area contributed by atoms with E-state index in [0.29, 0.717) is 18.0 Å². The second-order valence-electron chi connectivity index (χ2n) is 5.25. The van der Waals surface area contributed by atoms with Crippen LogP contribution in [0.1, 0.15) is 37.8 Å². The summed E-state index contributed by atoms with van der Waals surface area (Å²) in [6.45, 7) is 5.24. The normalized spacial score (nSPS) is 15.8. The Kier molecular flexibility index (Phi) is 4.83. The van der Waals surface area contributed by atoms with Crippen LogP contribution in [0.3, 0.4) is 0 Å². The fourth-order valence-electron chi connectivity index (χ4n) is 2.58. The van der Waals surface area contributed by atoms with Crippen molar-refractivity contribution >= 4 is 10.0 Å². The number of rotatable bonds is 7. The molecule has 0 atom stereocenters. The summed E-state index contributed by atoms with van der Waals surface area (Å²) < 4.78 is 27.0. The van der Waals surface area contributed by atoms with Crippen molar-refractivity contribution in [2.45, 2.75) is 50.6 Å². The van der Waals surface area contributed by atoms with E-state index in [9.17, 15) is 8.42 Å². The Labute approximate surface area is 122 Å². The van der Waals surface area contributed by atoms with Gasteiger partial charge in [-0.3, -0.25) is 0 Å². The van der Waals surface area contributed by atoms with Gasteiger partial charge in [0.1, 0.15) is 0 Å². The average Bonchev–Trinajstić information content (AvgIpc) is 3.24. The van der Waals surface area contributed by atoms with Gasteiger partial charge in [0.25, 0.3) is 0 Å². The molecule has 1 aliphatic carbocycles. The van der Waals surface area contributed by atoms with Gasteiger partial charge in [-0.2, -0.15) is 4.31 Å². The molecule has 0 aliphatic heterocycles. The van der Waals surface area contributed by atoms with E-state index < -0.39 is 10.0 Å². The van der Waals surface area contributed by atoms with Crippen LogP contribution in [0.25, 0.3) is 0 Å². The predicted molar refractivity (Wildman–Crippen MR) is 81.2 cm³/mol. The molecule has 112 valence electrons. The Hall–Kier alpha value is -0.910. The molecule has 0 unspecified atom stereocenters. The molecule has 1 aliphatic rings. The van der Waals surface area contributed by atoms with Gasteiger partial charge in [-0.15, -0.1) is 0 Å². The van der Waals surface area contributed by atoms with Crippen molar-refractivity contribution in [3.63, 3.8) is 0 Å². The van der Waals surface area contributed by atoms with Gasteiger partial charge >= 0.3 is 0 Å². The molecule has 0 amide bonds. The zero-order valence-corrected chi connectivity index (χ0v) is 13.3. The largest absolute Gasteiger partial charge is 0.316 e. The summed E-state index contributed by atoms with van der Waals surface area (Å²) in [4.78, 5) is 0.425. The van der Waals surface area contributed by atoms with E-state index in [2.05, 4.69) is 12.2 Å². The molecule has 0 saturated heterocycles. The Bertz CT molecular complexity index is 565. The molecule has 1 N–H and O–H groups in total. The Morgan fingerprint density at radius 3 is 2.45 bits per heavy atom. The minimum absolute atomic E-state index is 0.212. The van der Waals surface area contributed by atoms with E-state index in [0.717, 1.165) is 24.8 Å². The van der Waals surface area contributed by atoms with E-state index in [-0.39, 0.29) is 6.04 Å². The molecule has 0 bridgehead atoms. The van der Waals surface area contributed by atoms with Crippen molar-refractivity contribution < 1.29 is 8.42 Å². The molecular weight excluding hydrogens is 272 g/mol. The van der Waals surface area contributed by atoms with Crippen molar-refractivity contribution in [1.29, 1.82) is 0 Å². The van der Waals surface area contributed by atoms with Crippen molar-refractivity contribution in [2.75, 3.05) is 13.6 Å². The quantitative estimate of drug-likeness (QED) is 0.838. The summed E-state index contributed by atoms with van der Waals surface area (Å²) >= 11 is 0. The highest BCUT2D eigenvalue weighted by molar-refractivity contribution is 7.89. The summed E-state index contributed by atoms with van der Waals surface area (Å²) in [6.07, 6.45) is 2.89. The zero-order chi connectivity index (χ0) is 14.8. The van der Waals surface area contributed by atoms with Crippen LogP contribution in [0.2, 0.25) is 0 Å². The van der Waals surface area contributed by atoms with Crippen LogP contribution in [-0.2, 0) is 23.0 Å². The van der Waals surface area contributed by atoms with Gasteiger partial charge in [0.2, 0.25) is 10.0 Å². The predicted octanol–water partition coefficient (Wildman–Crippen LogP) is 2.14. The Morgan fingerprint density at radius 1 is 1.25 bits per heavy atom. The SMILES string of the molecule is CCc1ccc(S(=O)(=O)N(CC)C2CC2)cc1CNC. The molecule has 20 heavy (non-hydrogen) atoms. The molecule has 1 fully saturated rings. The van der Waals surface area contributed by atoms with Crippen LogP contribution >= 0.6 is 0 Å². The highest BCUT2D eigenvalue weighted by Gasteiger charge is 2.36. The van der Waals surface area contributed by atoms with E-state index in [1.54, 1.807) is 10.4 Å². The fraction of sp³-hybridized carbons (Fsp3) is 0.600. The number of aryl methyl sites for hydroxylation is 1. The molecule has 5 heteroatoms. The third kappa shape index (κ3) is 3.05. The van der Waals surface area contributed by atoms with Gasteiger partial charge in [-0.25, -0.2) is 8.42 Å². The van der Waals surface area contributed by atoms with Gasteiger partial charge < -0.3 is 5.32 Å². The monoisotopic (exact) mass is 296 g/mol. The lowest BCUT2D eigenvalue weighted by Gasteiger charge is -2.21. The number of hydrogen-bond acceptors (Lipinski definition) is 3. The summed E-state index contributed by atoms with van der Waals surface area (Å²) in [6, 6.07) is 5.73. The minimum atomic E-state index is -3.35. The Balaban J connectivity index is 2.38. The smallest absolute Gasteiger partial charge is 0.243 e. The summed E-state index contributed by atoms with van der Waals surface area (Å²) in [5, 5.41) is 3.11. The van der Waals surface area contributed by atoms with Gasteiger partial charge in [-0.1, -0.05) is 19.9 Å². The molecule has 0 aromatic heterocycles. The van der Waals surface area contributed by atoms with Gasteiger partial charge in [-0.05, 0) is 49.6 Å². The first-order valence-corrected chi connectivity index (χ1v) is 8.76. The second-order valence-corrected chi connectivity index (χ2v) is 7.14. The fourth-order valence-corrected chi connectivity index (χ4v) is 4.33. The lowest BCUT2D eigenvalue weighted by Crippen LogP contribution is -2.33. The Morgan fingerprint density at radius 2 is 1.95 bits per heavy atom. The number of nitrogens with zero attached hydrogens (tertiary/aromatic N) is 1. The molecule has 4 nitrogen and oxygen atoms in total. The van der Waals surface area contributed by atoms with Crippen molar-refractivity contribution in [3.05, 3.63) is 29.3 Å². The zero-order valence-electron chi connectivity index (χ0n) is 12.5. The van der Waals surface area contributed by atoms with Crippen LogP contribution in [0.15, 0.2) is 23.1 Å². The first-order valence-electron chi connectivity index (χ1n) is 7.32. The molecular formula is C15H24N2O2S. The lowest BCUT2D eigenvalue weighted by atomic mass is 10.1. The van der Waals surface area contributed by atoms with E-state index in [1.165, 1.54) is 5.56 Å². The molecule has 1 saturated carbocycles. The molecule has 1 aromatic rings. The topological polar surface area (TPSA) is 49.4 Å². The standard InChI is InChI=1S/C15H24N2O2S/c1-4-12-6-9-15(10-13(12)11-16-3)20(18,19)17(5-2)14-7-8-14/h6,9-10,14,16H,4-5,7-8,11H2,1-3H3. The van der Waals surface area contributed by atoms with Crippen LogP contribution in [0.5, 0.6) is 0 Å². The minimum Gasteiger partial charge on any atom is -0.316 e. The number of benzene rings is 1. The van der Waals surface area contributed by atoms with E-state index >= 15 is 0 Å². The molecule has 2 rings (SSSR count). The maximum atomic E-state index is 12.7. The molecule has 1 aromatic carbocycles. The molecule has 0 heterocycles. The first-order chi connectivity index (χ1) is 9.54. The number of sulfonamides is 1. The first kappa shape index (κ1) is 15.5. The lowest BCUT2D eigenvalue weighted by molar-refractivity contribution is 0.421. The average molecular weight is 296 g/mol. The van der Waals surface area contributed by atoms with Crippen molar-refractivity contribution in [2.24, 2.45) is 0 Å². The molecule has 0 radical (unpaired) electrons. The van der Waals surface area contributed by atoms with Gasteiger partial charge in [0.05, 0.1) is 4.90 Å². The molecule has 0 spiro atoms. The van der Waals surface area contributed by atoms with Crippen molar-refractivity contribution in [1.82, 2.24) is 9.62 Å². The maximum Gasteiger partial charge on any atom is 0.243 e. The highest BCUT2D eigenvalue weighted by Crippen LogP contribution is 2.32. The number of hydrogen-bond donors (Lipinski definition) is 1. The van der Waals surface area contributed by atoms with E-state index in [1.807, 2.05) is 26.1 Å². The highest BCUT2D eigenvalue weighted by atomic mass is 32.2. The maximum absolute atomic E-state index is 12.7. The van der Waals surface area contributed by atoms with Crippen LogP contribution in [0.4, 0.5) is 0 Å². The van der Waals surface area contributed by atoms with Gasteiger partial charge in [0, 0.05) is 19.1 Å². The van der Waals surface area contributed by atoms with Crippen LogP contribution in [-0.4, -0.2) is 32.4 Å². The summed E-state index contributed by atoms with van der Waals surface area (Å²) in [5.74, 6) is 0. The van der Waals surface area contributed by atoms with Gasteiger partial charge in [0.15, 0.2) is 0 Å². The summed E-state index contributed by atoms with van der Waals surface area (Å²) in [5.41, 5.74) is 2.27. The van der Waals surface area contributed by atoms with Crippen LogP contribution in [0, 0.1) is 0 Å². The van der Waals surface area contributed by atoms with E-state index in [4.69, 9.17) is 0 Å². The van der Waals surface area contributed by atoms with Crippen LogP contribution < -0.4 is 5.32 Å². The summed E-state index contributed by atoms with van der Waals surface area (Å²) in [7, 11) is -1.47. The second kappa shape index (κ2) is 6.24. The number of nitrogens with one attached hydrogen (secondary N) is 1.